The molecule has 0 aliphatic heterocycles. The van der Waals surface area contributed by atoms with E-state index in [9.17, 15) is 9.59 Å². The Hall–Kier alpha value is -1.96. The van der Waals surface area contributed by atoms with Gasteiger partial charge >= 0.3 is 0 Å². The van der Waals surface area contributed by atoms with Crippen LogP contribution in [0.4, 0.5) is 5.13 Å². The average molecular weight is 355 g/mol. The summed E-state index contributed by atoms with van der Waals surface area (Å²) in [6, 6.07) is 6.12. The molecule has 1 heterocycles. The first-order valence-electron chi connectivity index (χ1n) is 6.79. The molecule has 0 bridgehead atoms. The Labute approximate surface area is 144 Å². The summed E-state index contributed by atoms with van der Waals surface area (Å²) < 4.78 is 0. The van der Waals surface area contributed by atoms with Crippen LogP contribution in [0.3, 0.4) is 0 Å². The third-order valence-electron chi connectivity index (χ3n) is 3.18. The minimum atomic E-state index is -0.370. The zero-order valence-corrected chi connectivity index (χ0v) is 14.5. The third-order valence-corrected chi connectivity index (χ3v) is 3.94. The van der Waals surface area contributed by atoms with Gasteiger partial charge in [-0.25, -0.2) is 4.98 Å². The van der Waals surface area contributed by atoms with Crippen molar-refractivity contribution in [2.45, 2.75) is 13.8 Å². The largest absolute Gasteiger partial charge is 0.346 e. The highest BCUT2D eigenvalue weighted by atomic mass is 35.5. The molecule has 6 nitrogen and oxygen atoms in total. The van der Waals surface area contributed by atoms with E-state index in [2.05, 4.69) is 28.6 Å². The molecular formula is C15H19ClN4O2S. The monoisotopic (exact) mass is 354 g/mol. The van der Waals surface area contributed by atoms with E-state index in [1.54, 1.807) is 0 Å². The van der Waals surface area contributed by atoms with E-state index in [-0.39, 0.29) is 37.3 Å². The maximum atomic E-state index is 11.7. The van der Waals surface area contributed by atoms with E-state index >= 15 is 0 Å². The molecule has 0 aliphatic rings. The van der Waals surface area contributed by atoms with Gasteiger partial charge in [-0.2, -0.15) is 0 Å². The molecule has 23 heavy (non-hydrogen) atoms. The van der Waals surface area contributed by atoms with E-state index in [1.807, 2.05) is 24.4 Å². The number of nitrogens with two attached hydrogens (primary N) is 1. The predicted octanol–water partition coefficient (Wildman–Crippen LogP) is 1.86. The summed E-state index contributed by atoms with van der Waals surface area (Å²) in [5.41, 5.74) is 9.39. The Bertz CT molecular complexity index is 703. The Morgan fingerprint density at radius 1 is 1.22 bits per heavy atom. The van der Waals surface area contributed by atoms with Crippen molar-refractivity contribution >= 4 is 40.7 Å². The number of benzene rings is 1. The van der Waals surface area contributed by atoms with Crippen LogP contribution in [0, 0.1) is 13.8 Å². The van der Waals surface area contributed by atoms with Crippen molar-refractivity contribution in [3.63, 3.8) is 0 Å². The number of aryl methyl sites for hydroxylation is 2. The first-order chi connectivity index (χ1) is 10.5. The van der Waals surface area contributed by atoms with Crippen LogP contribution in [0.2, 0.25) is 0 Å². The number of hydrogen-bond acceptors (Lipinski definition) is 5. The third kappa shape index (κ3) is 5.31. The summed E-state index contributed by atoms with van der Waals surface area (Å²) >= 11 is 1.34. The fourth-order valence-corrected chi connectivity index (χ4v) is 2.51. The van der Waals surface area contributed by atoms with E-state index in [1.165, 1.54) is 22.5 Å². The first-order valence-corrected chi connectivity index (χ1v) is 7.67. The van der Waals surface area contributed by atoms with Crippen molar-refractivity contribution in [1.82, 2.24) is 10.3 Å². The van der Waals surface area contributed by atoms with Gasteiger partial charge in [0.25, 0.3) is 0 Å². The molecule has 2 rings (SSSR count). The quantitative estimate of drug-likeness (QED) is 0.763. The molecule has 0 atom stereocenters. The number of rotatable bonds is 5. The van der Waals surface area contributed by atoms with Crippen molar-refractivity contribution < 1.29 is 9.59 Å². The lowest BCUT2D eigenvalue weighted by Gasteiger charge is -2.04. The summed E-state index contributed by atoms with van der Waals surface area (Å²) in [5, 5.41) is 7.44. The molecule has 2 amide bonds. The Morgan fingerprint density at radius 2 is 1.96 bits per heavy atom. The second-order valence-corrected chi connectivity index (χ2v) is 5.72. The highest BCUT2D eigenvalue weighted by Gasteiger charge is 2.09. The van der Waals surface area contributed by atoms with Crippen molar-refractivity contribution in [2.24, 2.45) is 5.73 Å². The number of nitrogens with zero attached hydrogens (tertiary/aromatic N) is 1. The van der Waals surface area contributed by atoms with Gasteiger partial charge in [0.2, 0.25) is 11.8 Å². The van der Waals surface area contributed by atoms with Crippen LogP contribution in [-0.2, 0) is 9.59 Å². The number of carbonyl (C=O) groups excluding carboxylic acids is 2. The Balaban J connectivity index is 0.00000264. The fraction of sp³-hybridized carbons (Fsp3) is 0.267. The van der Waals surface area contributed by atoms with Gasteiger partial charge < -0.3 is 16.4 Å². The van der Waals surface area contributed by atoms with E-state index in [0.717, 1.165) is 11.3 Å². The molecule has 8 heteroatoms. The molecule has 124 valence electrons. The van der Waals surface area contributed by atoms with Crippen LogP contribution in [0.1, 0.15) is 11.1 Å². The molecule has 2 aromatic rings. The predicted molar refractivity (Wildman–Crippen MR) is 95.0 cm³/mol. The summed E-state index contributed by atoms with van der Waals surface area (Å²) in [6.07, 6.45) is 0. The molecular weight excluding hydrogens is 336 g/mol. The molecule has 0 saturated heterocycles. The minimum absolute atomic E-state index is 0. The minimum Gasteiger partial charge on any atom is -0.346 e. The number of anilines is 1. The van der Waals surface area contributed by atoms with Crippen LogP contribution in [0.5, 0.6) is 0 Å². The number of amides is 2. The van der Waals surface area contributed by atoms with Crippen molar-refractivity contribution in [1.29, 1.82) is 0 Å². The van der Waals surface area contributed by atoms with Crippen LogP contribution in [-0.4, -0.2) is 29.9 Å². The van der Waals surface area contributed by atoms with Gasteiger partial charge in [-0.3, -0.25) is 9.59 Å². The lowest BCUT2D eigenvalue weighted by Crippen LogP contribution is -2.36. The summed E-state index contributed by atoms with van der Waals surface area (Å²) in [6.45, 7) is 3.85. The lowest BCUT2D eigenvalue weighted by molar-refractivity contribution is -0.123. The fourth-order valence-electron chi connectivity index (χ4n) is 1.78. The second kappa shape index (κ2) is 8.61. The van der Waals surface area contributed by atoms with Crippen molar-refractivity contribution in [3.05, 3.63) is 34.7 Å². The van der Waals surface area contributed by atoms with Crippen molar-refractivity contribution in [3.8, 4) is 11.3 Å². The number of nitrogens with one attached hydrogen (secondary N) is 2. The molecule has 0 aliphatic carbocycles. The van der Waals surface area contributed by atoms with Crippen LogP contribution >= 0.6 is 23.7 Å². The van der Waals surface area contributed by atoms with Gasteiger partial charge in [-0.05, 0) is 31.0 Å². The highest BCUT2D eigenvalue weighted by Crippen LogP contribution is 2.26. The average Bonchev–Trinajstić information content (AvgIpc) is 2.96. The van der Waals surface area contributed by atoms with E-state index in [0.29, 0.717) is 5.13 Å². The summed E-state index contributed by atoms with van der Waals surface area (Å²) in [4.78, 5) is 27.1. The molecule has 0 fully saturated rings. The number of aromatic nitrogens is 1. The second-order valence-electron chi connectivity index (χ2n) is 4.87. The molecule has 0 spiro atoms. The zero-order valence-electron chi connectivity index (χ0n) is 12.9. The first kappa shape index (κ1) is 19.1. The van der Waals surface area contributed by atoms with Crippen molar-refractivity contribution in [2.75, 3.05) is 18.4 Å². The molecule has 1 aromatic heterocycles. The number of halogens is 1. The van der Waals surface area contributed by atoms with Gasteiger partial charge in [0.1, 0.15) is 0 Å². The topological polar surface area (TPSA) is 97.1 Å². The molecule has 4 N–H and O–H groups in total. The number of hydrogen-bond donors (Lipinski definition) is 3. The zero-order chi connectivity index (χ0) is 16.1. The standard InChI is InChI=1S/C15H18N4O2S.ClH/c1-9-3-4-11(5-10(9)2)12-8-22-15(18-12)19-14(21)7-17-13(20)6-16;/h3-5,8H,6-7,16H2,1-2H3,(H,17,20)(H,18,19,21);1H. The van der Waals surface area contributed by atoms with E-state index in [4.69, 9.17) is 5.73 Å². The Morgan fingerprint density at radius 3 is 2.61 bits per heavy atom. The van der Waals surface area contributed by atoms with Crippen LogP contribution in [0.15, 0.2) is 23.6 Å². The SMILES string of the molecule is Cc1ccc(-c2csc(NC(=O)CNC(=O)CN)n2)cc1C.Cl. The van der Waals surface area contributed by atoms with Crippen LogP contribution < -0.4 is 16.4 Å². The summed E-state index contributed by atoms with van der Waals surface area (Å²) in [5.74, 6) is -0.701. The maximum Gasteiger partial charge on any atom is 0.245 e. The maximum absolute atomic E-state index is 11.7. The van der Waals surface area contributed by atoms with E-state index < -0.39 is 0 Å². The van der Waals surface area contributed by atoms with Gasteiger partial charge in [0, 0.05) is 10.9 Å². The molecule has 0 unspecified atom stereocenters. The molecule has 0 saturated carbocycles. The number of carbonyl (C=O) groups is 2. The van der Waals surface area contributed by atoms with Crippen LogP contribution in [0.25, 0.3) is 11.3 Å². The van der Waals surface area contributed by atoms with Gasteiger partial charge in [-0.1, -0.05) is 12.1 Å². The van der Waals surface area contributed by atoms with Gasteiger partial charge in [0.05, 0.1) is 18.8 Å². The Kier molecular flexibility index (Phi) is 7.15. The lowest BCUT2D eigenvalue weighted by atomic mass is 10.1. The smallest absolute Gasteiger partial charge is 0.245 e. The summed E-state index contributed by atoms with van der Waals surface area (Å²) in [7, 11) is 0. The van der Waals surface area contributed by atoms with Gasteiger partial charge in [-0.15, -0.1) is 23.7 Å². The highest BCUT2D eigenvalue weighted by molar-refractivity contribution is 7.14. The molecule has 1 aromatic carbocycles. The van der Waals surface area contributed by atoms with Gasteiger partial charge in [0.15, 0.2) is 5.13 Å². The number of thiazole rings is 1. The molecule has 0 radical (unpaired) electrons. The normalized spacial score (nSPS) is 9.87.